The van der Waals surface area contributed by atoms with Gasteiger partial charge in [-0.05, 0) is 43.4 Å². The van der Waals surface area contributed by atoms with Crippen LogP contribution < -0.4 is 0 Å². The van der Waals surface area contributed by atoms with Crippen molar-refractivity contribution in [2.45, 2.75) is 45.1 Å². The van der Waals surface area contributed by atoms with Gasteiger partial charge in [0.25, 0.3) is 0 Å². The molecule has 2 saturated carbocycles. The lowest BCUT2D eigenvalue weighted by atomic mass is 9.55. The maximum Gasteiger partial charge on any atom is 0.310 e. The molecular weight excluding hydrogens is 368 g/mol. The molecule has 1 N–H and O–H groups in total. The predicted octanol–water partition coefficient (Wildman–Crippen LogP) is 1.93. The van der Waals surface area contributed by atoms with E-state index in [9.17, 15) is 4.79 Å². The van der Waals surface area contributed by atoms with Crippen molar-refractivity contribution in [3.8, 4) is 0 Å². The number of esters is 1. The topological polar surface area (TPSA) is 62.2 Å². The fourth-order valence-corrected chi connectivity index (χ4v) is 6.30. The Morgan fingerprint density at radius 1 is 1.24 bits per heavy atom. The van der Waals surface area contributed by atoms with Crippen molar-refractivity contribution in [1.29, 1.82) is 0 Å². The monoisotopic (exact) mass is 406 g/mol. The quantitative estimate of drug-likeness (QED) is 0.396. The second-order valence-electron chi connectivity index (χ2n) is 9.88. The highest BCUT2D eigenvalue weighted by atomic mass is 16.6. The number of ether oxygens (including phenoxy) is 2. The van der Waals surface area contributed by atoms with Crippen LogP contribution in [0.3, 0.4) is 0 Å². The summed E-state index contributed by atoms with van der Waals surface area (Å²) in [5.41, 5.74) is 1.68. The average molecular weight is 407 g/mol. The molecule has 5 atom stereocenters. The lowest BCUT2D eigenvalue weighted by Gasteiger charge is -2.50. The SMILES string of the molecule is C=C1CCC[C@]2(C)C[C@@H]3OC(=O)[C@H](CN4CCN(CCOCCO)CC4)[C@@H]3C[C@H]12. The molecule has 2 heterocycles. The minimum atomic E-state index is 0.0266. The number of hydrogen-bond acceptors (Lipinski definition) is 6. The zero-order valence-electron chi connectivity index (χ0n) is 18.0. The standard InChI is InChI=1S/C23H38N2O4/c1-17-4-3-5-23(2)15-21-18(14-20(17)23)19(22(27)29-21)16-25-8-6-24(7-9-25)10-12-28-13-11-26/h18-21,26H,1,3-16H2,2H3/t18-,19+,20+,21-,23+/m0/s1. The second kappa shape index (κ2) is 9.04. The van der Waals surface area contributed by atoms with Gasteiger partial charge in [0.2, 0.25) is 0 Å². The number of nitrogens with zero attached hydrogens (tertiary/aromatic N) is 2. The van der Waals surface area contributed by atoms with Crippen LogP contribution in [-0.4, -0.2) is 86.1 Å². The Hall–Kier alpha value is -0.950. The highest BCUT2D eigenvalue weighted by molar-refractivity contribution is 5.75. The van der Waals surface area contributed by atoms with Crippen LogP contribution in [0.25, 0.3) is 0 Å². The van der Waals surface area contributed by atoms with Gasteiger partial charge in [-0.2, -0.15) is 0 Å². The zero-order chi connectivity index (χ0) is 20.4. The van der Waals surface area contributed by atoms with Crippen LogP contribution in [0.5, 0.6) is 0 Å². The van der Waals surface area contributed by atoms with Gasteiger partial charge in [-0.15, -0.1) is 0 Å². The smallest absolute Gasteiger partial charge is 0.310 e. The van der Waals surface area contributed by atoms with Gasteiger partial charge in [0, 0.05) is 45.2 Å². The third kappa shape index (κ3) is 4.55. The molecule has 0 spiro atoms. The van der Waals surface area contributed by atoms with Crippen molar-refractivity contribution in [2.75, 3.05) is 59.1 Å². The third-order valence-corrected chi connectivity index (χ3v) is 8.03. The molecule has 2 aliphatic carbocycles. The van der Waals surface area contributed by atoms with Gasteiger partial charge in [0.1, 0.15) is 6.10 Å². The van der Waals surface area contributed by atoms with Gasteiger partial charge in [-0.3, -0.25) is 14.6 Å². The molecule has 0 aromatic heterocycles. The van der Waals surface area contributed by atoms with Crippen LogP contribution in [-0.2, 0) is 14.3 Å². The molecule has 6 heteroatoms. The minimum absolute atomic E-state index is 0.0266. The molecule has 0 bridgehead atoms. The lowest BCUT2D eigenvalue weighted by Crippen LogP contribution is -2.50. The van der Waals surface area contributed by atoms with Gasteiger partial charge in [0.15, 0.2) is 0 Å². The summed E-state index contributed by atoms with van der Waals surface area (Å²) in [7, 11) is 0. The van der Waals surface area contributed by atoms with Crippen LogP contribution in [0.15, 0.2) is 12.2 Å². The number of allylic oxidation sites excluding steroid dienone is 1. The molecule has 4 aliphatic rings. The Bertz CT molecular complexity index is 604. The van der Waals surface area contributed by atoms with Crippen LogP contribution in [0.4, 0.5) is 0 Å². The van der Waals surface area contributed by atoms with Crippen molar-refractivity contribution in [3.05, 3.63) is 12.2 Å². The Labute approximate surface area is 175 Å². The summed E-state index contributed by atoms with van der Waals surface area (Å²) in [5.74, 6) is 0.983. The van der Waals surface area contributed by atoms with Crippen LogP contribution in [0, 0.1) is 23.2 Å². The number of fused-ring (bicyclic) bond motifs is 2. The first-order valence-corrected chi connectivity index (χ1v) is 11.5. The van der Waals surface area contributed by atoms with E-state index in [0.717, 1.165) is 58.5 Å². The molecule has 6 nitrogen and oxygen atoms in total. The van der Waals surface area contributed by atoms with Gasteiger partial charge >= 0.3 is 5.97 Å². The molecule has 29 heavy (non-hydrogen) atoms. The molecule has 0 aromatic rings. The van der Waals surface area contributed by atoms with E-state index in [0.29, 0.717) is 25.0 Å². The molecule has 164 valence electrons. The lowest BCUT2D eigenvalue weighted by molar-refractivity contribution is -0.146. The molecule has 2 aliphatic heterocycles. The number of piperazine rings is 1. The first kappa shape index (κ1) is 21.3. The second-order valence-corrected chi connectivity index (χ2v) is 9.88. The highest BCUT2D eigenvalue weighted by Crippen LogP contribution is 2.56. The summed E-state index contributed by atoms with van der Waals surface area (Å²) in [6.45, 7) is 13.7. The van der Waals surface area contributed by atoms with E-state index in [4.69, 9.17) is 14.6 Å². The Kier molecular flexibility index (Phi) is 6.64. The molecule has 4 rings (SSSR count). The maximum atomic E-state index is 12.8. The van der Waals surface area contributed by atoms with Gasteiger partial charge < -0.3 is 14.6 Å². The summed E-state index contributed by atoms with van der Waals surface area (Å²) >= 11 is 0. The average Bonchev–Trinajstić information content (AvgIpc) is 2.99. The zero-order valence-corrected chi connectivity index (χ0v) is 18.0. The Morgan fingerprint density at radius 2 is 2.00 bits per heavy atom. The molecule has 0 aromatic carbocycles. The van der Waals surface area contributed by atoms with Crippen molar-refractivity contribution in [3.63, 3.8) is 0 Å². The number of carbonyl (C=O) groups excluding carboxylic acids is 1. The van der Waals surface area contributed by atoms with E-state index >= 15 is 0 Å². The van der Waals surface area contributed by atoms with Crippen molar-refractivity contribution in [1.82, 2.24) is 9.80 Å². The molecule has 0 radical (unpaired) electrons. The van der Waals surface area contributed by atoms with Gasteiger partial charge in [-0.1, -0.05) is 19.1 Å². The number of hydrogen-bond donors (Lipinski definition) is 1. The van der Waals surface area contributed by atoms with E-state index < -0.39 is 0 Å². The van der Waals surface area contributed by atoms with Crippen molar-refractivity contribution in [2.24, 2.45) is 23.2 Å². The van der Waals surface area contributed by atoms with E-state index in [1.54, 1.807) is 0 Å². The van der Waals surface area contributed by atoms with Crippen molar-refractivity contribution < 1.29 is 19.4 Å². The van der Waals surface area contributed by atoms with E-state index in [1.165, 1.54) is 18.4 Å². The maximum absolute atomic E-state index is 12.8. The molecule has 0 unspecified atom stereocenters. The van der Waals surface area contributed by atoms with Crippen molar-refractivity contribution >= 4 is 5.97 Å². The number of rotatable bonds is 7. The molecule has 2 saturated heterocycles. The minimum Gasteiger partial charge on any atom is -0.462 e. The fraction of sp³-hybridized carbons (Fsp3) is 0.870. The third-order valence-electron chi connectivity index (χ3n) is 8.03. The number of carbonyl (C=O) groups is 1. The van der Waals surface area contributed by atoms with E-state index in [2.05, 4.69) is 23.3 Å². The molecule has 4 fully saturated rings. The first-order valence-electron chi connectivity index (χ1n) is 11.5. The summed E-state index contributed by atoms with van der Waals surface area (Å²) in [4.78, 5) is 17.6. The number of aliphatic hydroxyl groups is 1. The highest BCUT2D eigenvalue weighted by Gasteiger charge is 2.55. The Morgan fingerprint density at radius 3 is 2.76 bits per heavy atom. The predicted molar refractivity (Wildman–Crippen MR) is 111 cm³/mol. The molecule has 0 amide bonds. The van der Waals surface area contributed by atoms with E-state index in [-0.39, 0.29) is 30.0 Å². The summed E-state index contributed by atoms with van der Waals surface area (Å²) in [6, 6.07) is 0. The molecular formula is C23H38N2O4. The van der Waals surface area contributed by atoms with Crippen LogP contribution in [0.2, 0.25) is 0 Å². The number of aliphatic hydroxyl groups excluding tert-OH is 1. The normalized spacial score (nSPS) is 38.6. The summed E-state index contributed by atoms with van der Waals surface area (Å²) in [5, 5.41) is 8.78. The van der Waals surface area contributed by atoms with E-state index in [1.807, 2.05) is 0 Å². The largest absolute Gasteiger partial charge is 0.462 e. The fourth-order valence-electron chi connectivity index (χ4n) is 6.30. The summed E-state index contributed by atoms with van der Waals surface area (Å²) in [6.07, 6.45) is 5.84. The van der Waals surface area contributed by atoms with Gasteiger partial charge in [-0.25, -0.2) is 0 Å². The van der Waals surface area contributed by atoms with Gasteiger partial charge in [0.05, 0.1) is 25.7 Å². The first-order chi connectivity index (χ1) is 14.0. The Balaban J connectivity index is 1.30. The summed E-state index contributed by atoms with van der Waals surface area (Å²) < 4.78 is 11.3. The van der Waals surface area contributed by atoms with Crippen LogP contribution >= 0.6 is 0 Å². The van der Waals surface area contributed by atoms with Crippen LogP contribution in [0.1, 0.15) is 39.0 Å².